The Labute approximate surface area is 323 Å². The fourth-order valence-corrected chi connectivity index (χ4v) is 7.03. The van der Waals surface area contributed by atoms with Crippen molar-refractivity contribution in [2.45, 2.75) is 39.5 Å². The molecular weight excluding hydrogens is 819 g/mol. The number of nitrogens with one attached hydrogen (secondary N) is 6. The fraction of sp³-hybridized carbons (Fsp3) is 0.714. The first-order chi connectivity index (χ1) is 26.3. The number of amides is 4. The van der Waals surface area contributed by atoms with Crippen molar-refractivity contribution >= 4 is 66.9 Å². The van der Waals surface area contributed by atoms with E-state index < -0.39 is 106 Å². The average molecular weight is 864 g/mol. The molecule has 4 amide bonds. The molecule has 0 spiro atoms. The van der Waals surface area contributed by atoms with Crippen LogP contribution in [0.4, 0.5) is 19.2 Å². The molecule has 0 bridgehead atoms. The van der Waals surface area contributed by atoms with Gasteiger partial charge in [0.1, 0.15) is 33.0 Å². The monoisotopic (exact) mass is 863 g/mol. The molecule has 0 aromatic rings. The van der Waals surface area contributed by atoms with Gasteiger partial charge in [0.2, 0.25) is 0 Å². The molecule has 0 saturated heterocycles. The van der Waals surface area contributed by atoms with E-state index in [-0.39, 0.29) is 38.8 Å². The number of fused-ring (bicyclic) bond motifs is 1. The standard InChI is InChI=1S/C28H45N7O18S3/c1-20(36)48-14-9-29-54(42,43)32-25(38)50-17-12-35(13-18-51-26(39)33-55(44,45)30-10-15-49-21(2)37)28(41)52-16-11-31-56(46,47)34-27(40)53-19-24-22-7-5-3-4-6-8-23(22)24/h22-24,29-31H,5-19H2,1-2H3,(H,32,38)(H,33,39)(H,34,40)/t22-,23+,24?. The number of hydrogen-bond acceptors (Lipinski definition) is 18. The number of esters is 2. The Bertz CT molecular complexity index is 1690. The lowest BCUT2D eigenvalue weighted by atomic mass is 10.1. The van der Waals surface area contributed by atoms with Crippen molar-refractivity contribution in [3.05, 3.63) is 0 Å². The molecular formula is C28H45N7O18S3. The second-order valence-electron chi connectivity index (χ2n) is 11.6. The maximum Gasteiger partial charge on any atom is 0.421 e. The number of nitrogens with zero attached hydrogens (tertiary/aromatic N) is 1. The van der Waals surface area contributed by atoms with E-state index in [2.05, 4.69) is 21.3 Å². The lowest BCUT2D eigenvalue weighted by Gasteiger charge is -2.22. The van der Waals surface area contributed by atoms with E-state index in [0.29, 0.717) is 11.8 Å². The second kappa shape index (κ2) is 23.4. The molecule has 2 aliphatic rings. The molecule has 1 fully saturated rings. The zero-order valence-electron chi connectivity index (χ0n) is 30.4. The quantitative estimate of drug-likeness (QED) is 0.0272. The molecule has 3 atom stereocenters. The van der Waals surface area contributed by atoms with Crippen LogP contribution in [0.5, 0.6) is 0 Å². The topological polar surface area (TPSA) is 336 Å². The number of carbonyl (C=O) groups is 6. The van der Waals surface area contributed by atoms with E-state index in [4.69, 9.17) is 18.9 Å². The van der Waals surface area contributed by atoms with E-state index in [1.807, 2.05) is 14.2 Å². The van der Waals surface area contributed by atoms with Gasteiger partial charge in [-0.05, 0) is 30.6 Å². The summed E-state index contributed by atoms with van der Waals surface area (Å²) in [6.45, 7) is -2.74. The van der Waals surface area contributed by atoms with Crippen LogP contribution in [0.3, 0.4) is 0 Å². The van der Waals surface area contributed by atoms with Crippen molar-refractivity contribution in [3.8, 4) is 11.8 Å². The summed E-state index contributed by atoms with van der Waals surface area (Å²) in [5, 5.41) is 0. The average Bonchev–Trinajstić information content (AvgIpc) is 3.72. The highest BCUT2D eigenvalue weighted by Crippen LogP contribution is 2.52. The summed E-state index contributed by atoms with van der Waals surface area (Å²) in [6.07, 6.45) is -2.12. The number of carbonyl (C=O) groups excluding carboxylic acids is 6. The van der Waals surface area contributed by atoms with Crippen molar-refractivity contribution in [2.75, 3.05) is 72.4 Å². The molecule has 2 rings (SSSR count). The largest absolute Gasteiger partial charge is 0.464 e. The highest BCUT2D eigenvalue weighted by Gasteiger charge is 2.49. The SMILES string of the molecule is CC(=O)OCCNS(=O)(=O)NC(=O)OCCN(CCOC(=O)NS(=O)(=O)NCCOC(C)=O)C(=O)OCCNS(=O)(=O)NC(=O)OCC1[C@H]2CCC#CCC[C@@H]12. The summed E-state index contributed by atoms with van der Waals surface area (Å²) in [6, 6.07) is 0. The van der Waals surface area contributed by atoms with Gasteiger partial charge in [-0.2, -0.15) is 39.4 Å². The molecule has 0 aromatic heterocycles. The van der Waals surface area contributed by atoms with Gasteiger partial charge in [-0.15, -0.1) is 11.8 Å². The van der Waals surface area contributed by atoms with Gasteiger partial charge in [0, 0.05) is 46.3 Å². The Morgan fingerprint density at radius 1 is 0.554 bits per heavy atom. The van der Waals surface area contributed by atoms with Gasteiger partial charge in [-0.1, -0.05) is 0 Å². The molecule has 28 heteroatoms. The Morgan fingerprint density at radius 3 is 1.32 bits per heavy atom. The van der Waals surface area contributed by atoms with Gasteiger partial charge in [0.05, 0.1) is 19.7 Å². The van der Waals surface area contributed by atoms with Crippen molar-refractivity contribution < 1.29 is 82.4 Å². The molecule has 56 heavy (non-hydrogen) atoms. The molecule has 1 unspecified atom stereocenters. The Morgan fingerprint density at radius 2 is 0.929 bits per heavy atom. The van der Waals surface area contributed by atoms with Crippen LogP contribution in [-0.2, 0) is 68.6 Å². The summed E-state index contributed by atoms with van der Waals surface area (Å²) in [7, 11) is -13.3. The predicted molar refractivity (Wildman–Crippen MR) is 187 cm³/mol. The van der Waals surface area contributed by atoms with Crippen LogP contribution in [0.15, 0.2) is 0 Å². The molecule has 0 aliphatic heterocycles. The minimum Gasteiger partial charge on any atom is -0.464 e. The van der Waals surface area contributed by atoms with Gasteiger partial charge < -0.3 is 33.3 Å². The third-order valence-electron chi connectivity index (χ3n) is 7.36. The highest BCUT2D eigenvalue weighted by molar-refractivity contribution is 7.88. The molecule has 0 aromatic carbocycles. The van der Waals surface area contributed by atoms with Crippen LogP contribution in [0, 0.1) is 29.6 Å². The lowest BCUT2D eigenvalue weighted by Crippen LogP contribution is -2.44. The summed E-state index contributed by atoms with van der Waals surface area (Å²) in [5.74, 6) is 5.63. The Hall–Kier alpha value is -4.69. The summed E-state index contributed by atoms with van der Waals surface area (Å²) in [5.41, 5.74) is 0. The maximum atomic E-state index is 12.8. The van der Waals surface area contributed by atoms with Gasteiger partial charge >= 0.3 is 66.9 Å². The zero-order chi connectivity index (χ0) is 41.8. The van der Waals surface area contributed by atoms with Crippen molar-refractivity contribution in [1.29, 1.82) is 0 Å². The summed E-state index contributed by atoms with van der Waals surface area (Å²) < 4.78 is 112. The smallest absolute Gasteiger partial charge is 0.421 e. The number of rotatable bonds is 23. The van der Waals surface area contributed by atoms with Crippen LogP contribution in [0.1, 0.15) is 39.5 Å². The predicted octanol–water partition coefficient (Wildman–Crippen LogP) is -2.33. The van der Waals surface area contributed by atoms with E-state index in [1.165, 1.54) is 9.44 Å². The van der Waals surface area contributed by atoms with Gasteiger partial charge in [-0.3, -0.25) is 9.59 Å². The van der Waals surface area contributed by atoms with Crippen molar-refractivity contribution in [2.24, 2.45) is 17.8 Å². The fourth-order valence-electron chi connectivity index (χ4n) is 4.92. The van der Waals surface area contributed by atoms with Crippen LogP contribution in [0.2, 0.25) is 0 Å². The summed E-state index contributed by atoms with van der Waals surface area (Å²) >= 11 is 0. The molecule has 2 aliphatic carbocycles. The van der Waals surface area contributed by atoms with Crippen LogP contribution < -0.4 is 28.3 Å². The molecule has 0 radical (unpaired) electrons. The van der Waals surface area contributed by atoms with E-state index in [0.717, 1.165) is 44.4 Å². The third kappa shape index (κ3) is 20.8. The van der Waals surface area contributed by atoms with Crippen LogP contribution >= 0.6 is 0 Å². The van der Waals surface area contributed by atoms with Crippen LogP contribution in [0.25, 0.3) is 0 Å². The van der Waals surface area contributed by atoms with Gasteiger partial charge in [-0.25, -0.2) is 33.3 Å². The Balaban J connectivity index is 1.84. The first-order valence-electron chi connectivity index (χ1n) is 16.8. The molecule has 6 N–H and O–H groups in total. The van der Waals surface area contributed by atoms with E-state index >= 15 is 0 Å². The zero-order valence-corrected chi connectivity index (χ0v) is 32.8. The lowest BCUT2D eigenvalue weighted by molar-refractivity contribution is -0.141. The molecule has 1 saturated carbocycles. The van der Waals surface area contributed by atoms with Crippen LogP contribution in [-0.4, -0.2) is 139 Å². The second-order valence-corrected chi connectivity index (χ2v) is 16.1. The minimum absolute atomic E-state index is 0.0373. The van der Waals surface area contributed by atoms with E-state index in [9.17, 15) is 54.0 Å². The third-order valence-corrected chi connectivity index (χ3v) is 10.4. The van der Waals surface area contributed by atoms with E-state index in [1.54, 1.807) is 4.72 Å². The summed E-state index contributed by atoms with van der Waals surface area (Å²) in [4.78, 5) is 71.2. The normalized spacial score (nSPS) is 17.4. The number of ether oxygens (including phenoxy) is 6. The first-order valence-corrected chi connectivity index (χ1v) is 21.2. The molecule has 318 valence electrons. The van der Waals surface area contributed by atoms with Crippen molar-refractivity contribution in [3.63, 3.8) is 0 Å². The molecule has 0 heterocycles. The maximum absolute atomic E-state index is 12.8. The highest BCUT2D eigenvalue weighted by atomic mass is 32.2. The first kappa shape index (κ1) is 47.5. The minimum atomic E-state index is -4.45. The van der Waals surface area contributed by atoms with Gasteiger partial charge in [0.25, 0.3) is 0 Å². The Kier molecular flexibility index (Phi) is 19.8. The number of hydrogen-bond donors (Lipinski definition) is 6. The molecule has 25 nitrogen and oxygen atoms in total. The van der Waals surface area contributed by atoms with Crippen molar-refractivity contribution in [1.82, 2.24) is 33.2 Å². The van der Waals surface area contributed by atoms with Gasteiger partial charge in [0.15, 0.2) is 0 Å².